The topological polar surface area (TPSA) is 69.7 Å². The third-order valence-electron chi connectivity index (χ3n) is 4.39. The van der Waals surface area contributed by atoms with E-state index in [1.165, 1.54) is 14.1 Å². The van der Waals surface area contributed by atoms with Gasteiger partial charge in [0.15, 0.2) is 0 Å². The Morgan fingerprint density at radius 3 is 2.53 bits per heavy atom. The second-order valence-corrected chi connectivity index (χ2v) is 10.7. The van der Waals surface area contributed by atoms with E-state index in [2.05, 4.69) is 5.32 Å². The minimum Gasteiger partial charge on any atom is -0.354 e. The second kappa shape index (κ2) is 11.0. The molecule has 2 aromatic carbocycles. The Kier molecular flexibility index (Phi) is 9.03. The first-order valence-corrected chi connectivity index (χ1v) is 12.4. The summed E-state index contributed by atoms with van der Waals surface area (Å²) >= 11 is 7.66. The number of thioether (sulfide) groups is 1. The fourth-order valence-corrected chi connectivity index (χ4v) is 4.88. The maximum atomic E-state index is 12.8. The molecular weight excluding hydrogens is 442 g/mol. The van der Waals surface area contributed by atoms with Crippen molar-refractivity contribution in [1.82, 2.24) is 9.62 Å². The van der Waals surface area contributed by atoms with E-state index >= 15 is 0 Å². The molecule has 0 atom stereocenters. The Balaban J connectivity index is 1.97. The van der Waals surface area contributed by atoms with E-state index in [4.69, 9.17) is 11.6 Å². The number of nitrogens with one attached hydrogen (secondary N) is 1. The van der Waals surface area contributed by atoms with Crippen LogP contribution in [0.3, 0.4) is 0 Å². The molecule has 0 aliphatic carbocycles. The first-order chi connectivity index (χ1) is 14.1. The number of rotatable bonds is 10. The fourth-order valence-electron chi connectivity index (χ4n) is 2.74. The smallest absolute Gasteiger partial charge is 0.304 e. The molecule has 0 unspecified atom stereocenters. The van der Waals surface area contributed by atoms with Crippen molar-refractivity contribution in [3.05, 3.63) is 64.2 Å². The standard InChI is InChI=1S/C21H28ClN3O3S2/c1-16-8-9-17(2)20(12-16)25(30(27,28)24(3)4)14-21(26)23-10-11-29-15-18-6-5-7-19(22)13-18/h5-9,12-13H,10-11,14-15H2,1-4H3,(H,23,26). The average Bonchev–Trinajstić information content (AvgIpc) is 2.67. The predicted octanol–water partition coefficient (Wildman–Crippen LogP) is 3.62. The minimum absolute atomic E-state index is 0.274. The Hall–Kier alpha value is -1.74. The minimum atomic E-state index is -3.81. The van der Waals surface area contributed by atoms with Crippen molar-refractivity contribution in [2.45, 2.75) is 19.6 Å². The van der Waals surface area contributed by atoms with Crippen molar-refractivity contribution in [1.29, 1.82) is 0 Å². The van der Waals surface area contributed by atoms with Crippen LogP contribution in [0.2, 0.25) is 5.02 Å². The number of nitrogens with zero attached hydrogens (tertiary/aromatic N) is 2. The van der Waals surface area contributed by atoms with Crippen LogP contribution in [0, 0.1) is 13.8 Å². The summed E-state index contributed by atoms with van der Waals surface area (Å²) in [6.45, 7) is 3.90. The molecule has 9 heteroatoms. The molecular formula is C21H28ClN3O3S2. The molecule has 164 valence electrons. The van der Waals surface area contributed by atoms with Crippen molar-refractivity contribution in [3.63, 3.8) is 0 Å². The molecule has 1 N–H and O–H groups in total. The van der Waals surface area contributed by atoms with Gasteiger partial charge in [0.2, 0.25) is 5.91 Å². The Morgan fingerprint density at radius 1 is 1.13 bits per heavy atom. The van der Waals surface area contributed by atoms with Gasteiger partial charge in [-0.25, -0.2) is 4.31 Å². The maximum Gasteiger partial charge on any atom is 0.304 e. The average molecular weight is 470 g/mol. The highest BCUT2D eigenvalue weighted by molar-refractivity contribution is 7.98. The van der Waals surface area contributed by atoms with E-state index < -0.39 is 10.2 Å². The van der Waals surface area contributed by atoms with Gasteiger partial charge in [-0.1, -0.05) is 35.9 Å². The van der Waals surface area contributed by atoms with E-state index in [9.17, 15) is 13.2 Å². The van der Waals surface area contributed by atoms with Gasteiger partial charge < -0.3 is 5.32 Å². The first kappa shape index (κ1) is 24.5. The highest BCUT2D eigenvalue weighted by Gasteiger charge is 2.28. The zero-order chi connectivity index (χ0) is 22.3. The van der Waals surface area contributed by atoms with E-state index in [0.29, 0.717) is 23.0 Å². The summed E-state index contributed by atoms with van der Waals surface area (Å²) in [6, 6.07) is 13.2. The molecule has 2 aromatic rings. The predicted molar refractivity (Wildman–Crippen MR) is 126 cm³/mol. The maximum absolute atomic E-state index is 12.8. The van der Waals surface area contributed by atoms with Crippen molar-refractivity contribution >= 4 is 45.2 Å². The lowest BCUT2D eigenvalue weighted by atomic mass is 10.1. The highest BCUT2D eigenvalue weighted by Crippen LogP contribution is 2.25. The van der Waals surface area contributed by atoms with Crippen LogP contribution in [0.5, 0.6) is 0 Å². The van der Waals surface area contributed by atoms with Gasteiger partial charge >= 0.3 is 10.2 Å². The third-order valence-corrected chi connectivity index (χ3v) is 7.46. The molecule has 0 aliphatic heterocycles. The molecule has 0 heterocycles. The highest BCUT2D eigenvalue weighted by atomic mass is 35.5. The molecule has 2 rings (SSSR count). The zero-order valence-electron chi connectivity index (χ0n) is 17.7. The molecule has 0 spiro atoms. The van der Waals surface area contributed by atoms with Crippen LogP contribution in [0.25, 0.3) is 0 Å². The summed E-state index contributed by atoms with van der Waals surface area (Å²) in [6.07, 6.45) is 0. The molecule has 0 bridgehead atoms. The summed E-state index contributed by atoms with van der Waals surface area (Å²) in [7, 11) is -0.901. The molecule has 30 heavy (non-hydrogen) atoms. The second-order valence-electron chi connectivity index (χ2n) is 7.12. The zero-order valence-corrected chi connectivity index (χ0v) is 20.1. The lowest BCUT2D eigenvalue weighted by molar-refractivity contribution is -0.119. The first-order valence-electron chi connectivity index (χ1n) is 9.47. The number of amides is 1. The Bertz CT molecular complexity index is 981. The van der Waals surface area contributed by atoms with Crippen molar-refractivity contribution in [2.75, 3.05) is 37.2 Å². The molecule has 0 saturated carbocycles. The Morgan fingerprint density at radius 2 is 1.87 bits per heavy atom. The normalized spacial score (nSPS) is 11.5. The van der Waals surface area contributed by atoms with E-state index in [-0.39, 0.29) is 12.5 Å². The van der Waals surface area contributed by atoms with Crippen molar-refractivity contribution in [2.24, 2.45) is 0 Å². The summed E-state index contributed by atoms with van der Waals surface area (Å²) in [5.74, 6) is 1.16. The number of benzene rings is 2. The van der Waals surface area contributed by atoms with Crippen LogP contribution < -0.4 is 9.62 Å². The molecule has 0 radical (unpaired) electrons. The van der Waals surface area contributed by atoms with Gasteiger partial charge in [-0.15, -0.1) is 0 Å². The van der Waals surface area contributed by atoms with Crippen molar-refractivity contribution < 1.29 is 13.2 Å². The van der Waals surface area contributed by atoms with Gasteiger partial charge in [-0.2, -0.15) is 24.5 Å². The van der Waals surface area contributed by atoms with Gasteiger partial charge in [0, 0.05) is 37.2 Å². The number of carbonyl (C=O) groups excluding carboxylic acids is 1. The molecule has 0 aromatic heterocycles. The van der Waals surface area contributed by atoms with Gasteiger partial charge in [0.05, 0.1) is 5.69 Å². The molecule has 0 aliphatic rings. The lowest BCUT2D eigenvalue weighted by Crippen LogP contribution is -2.46. The van der Waals surface area contributed by atoms with E-state index in [0.717, 1.165) is 31.1 Å². The number of anilines is 1. The largest absolute Gasteiger partial charge is 0.354 e. The molecule has 6 nitrogen and oxygen atoms in total. The van der Waals surface area contributed by atoms with Crippen LogP contribution >= 0.6 is 23.4 Å². The van der Waals surface area contributed by atoms with Crippen LogP contribution in [0.1, 0.15) is 16.7 Å². The quantitative estimate of drug-likeness (QED) is 0.539. The lowest BCUT2D eigenvalue weighted by Gasteiger charge is -2.28. The third kappa shape index (κ3) is 6.91. The van der Waals surface area contributed by atoms with E-state index in [1.807, 2.05) is 50.2 Å². The molecule has 0 fully saturated rings. The molecule has 0 saturated heterocycles. The van der Waals surface area contributed by atoms with Gasteiger partial charge in [-0.05, 0) is 48.7 Å². The SMILES string of the molecule is Cc1ccc(C)c(N(CC(=O)NCCSCc2cccc(Cl)c2)S(=O)(=O)N(C)C)c1. The van der Waals surface area contributed by atoms with Gasteiger partial charge in [0.25, 0.3) is 0 Å². The van der Waals surface area contributed by atoms with Crippen LogP contribution in [0.15, 0.2) is 42.5 Å². The van der Waals surface area contributed by atoms with Crippen molar-refractivity contribution in [3.8, 4) is 0 Å². The summed E-state index contributed by atoms with van der Waals surface area (Å²) in [5.41, 5.74) is 3.34. The van der Waals surface area contributed by atoms with Gasteiger partial charge in [-0.3, -0.25) is 4.79 Å². The Labute approximate surface area is 188 Å². The number of hydrogen-bond donors (Lipinski definition) is 1. The van der Waals surface area contributed by atoms with Crippen LogP contribution in [0.4, 0.5) is 5.69 Å². The number of carbonyl (C=O) groups is 1. The monoisotopic (exact) mass is 469 g/mol. The van der Waals surface area contributed by atoms with Crippen LogP contribution in [-0.2, 0) is 20.8 Å². The molecule has 1 amide bonds. The summed E-state index contributed by atoms with van der Waals surface area (Å²) < 4.78 is 28.0. The fraction of sp³-hybridized carbons (Fsp3) is 0.381. The summed E-state index contributed by atoms with van der Waals surface area (Å²) in [4.78, 5) is 12.5. The van der Waals surface area contributed by atoms with E-state index in [1.54, 1.807) is 17.8 Å². The number of hydrogen-bond acceptors (Lipinski definition) is 4. The summed E-state index contributed by atoms with van der Waals surface area (Å²) in [5, 5.41) is 3.52. The number of aryl methyl sites for hydroxylation is 2. The van der Waals surface area contributed by atoms with Crippen LogP contribution in [-0.4, -0.2) is 51.6 Å². The number of halogens is 1. The van der Waals surface area contributed by atoms with Gasteiger partial charge in [0.1, 0.15) is 6.54 Å².